The van der Waals surface area contributed by atoms with Crippen LogP contribution in [0, 0.1) is 0 Å². The molecule has 0 N–H and O–H groups in total. The van der Waals surface area contributed by atoms with Gasteiger partial charge in [-0.1, -0.05) is 0 Å². The van der Waals surface area contributed by atoms with E-state index in [1.54, 1.807) is 0 Å². The third-order valence-corrected chi connectivity index (χ3v) is 0. The number of hydrogen-bond donors (Lipinski definition) is 0. The van der Waals surface area contributed by atoms with E-state index in [0.29, 0.717) is 0 Å². The Hall–Kier alpha value is 4.96. The summed E-state index contributed by atoms with van der Waals surface area (Å²) in [5, 5.41) is 0. The van der Waals surface area contributed by atoms with E-state index >= 15 is 0 Å². The molecule has 0 bridgehead atoms. The minimum atomic E-state index is 0. The van der Waals surface area contributed by atoms with Crippen molar-refractivity contribution >= 4 is 0 Å². The molecule has 0 saturated heterocycles. The average Bonchev–Trinajstić information content (AvgIpc) is 0. The van der Waals surface area contributed by atoms with Gasteiger partial charge < -0.3 is 99.3 Å². The summed E-state index contributed by atoms with van der Waals surface area (Å²) in [7, 11) is 0. The molecule has 0 aromatic carbocycles. The molecule has 0 aliphatic carbocycles. The maximum atomic E-state index is 0. The first-order valence-corrected chi connectivity index (χ1v) is 0. The Morgan fingerprint density at radius 1 is 0.273 bits per heavy atom. The third kappa shape index (κ3) is 102. The van der Waals surface area contributed by atoms with Gasteiger partial charge in [0.2, 0.25) is 0 Å². The van der Waals surface area contributed by atoms with Crippen molar-refractivity contribution in [2.24, 2.45) is 0 Å². The zero-order valence-electron chi connectivity index (χ0n) is 4.52. The van der Waals surface area contributed by atoms with Crippen molar-refractivity contribution < 1.29 is 178 Å². The van der Waals surface area contributed by atoms with Crippen LogP contribution >= 0.6 is 0 Å². The van der Waals surface area contributed by atoms with Gasteiger partial charge in [-0.05, 0) is 0 Å². The van der Waals surface area contributed by atoms with Crippen molar-refractivity contribution in [2.75, 3.05) is 0 Å². The Balaban J connectivity index is 0. The van der Waals surface area contributed by atoms with Gasteiger partial charge in [0.25, 0.3) is 0 Å². The topological polar surface area (TPSA) is 0 Å². The summed E-state index contributed by atoms with van der Waals surface area (Å²) in [4.78, 5) is 0. The van der Waals surface area contributed by atoms with Crippen LogP contribution in [0.2, 0.25) is 0 Å². The van der Waals surface area contributed by atoms with Crippen molar-refractivity contribution in [1.29, 1.82) is 0 Å². The van der Waals surface area contributed by atoms with Gasteiger partial charge in [0.1, 0.15) is 0 Å². The normalized spacial score (nSPS) is 0. The molecule has 0 spiro atoms. The van der Waals surface area contributed by atoms with Crippen molar-refractivity contribution in [3.63, 3.8) is 0 Å². The first-order chi connectivity index (χ1) is 0. The molecular weight excluding hydrogens is 645 g/mol. The largest absolute Gasteiger partial charge is 4.00 e. The van der Waals surface area contributed by atoms with Gasteiger partial charge in [-0.2, -0.15) is 0 Å². The molecule has 0 aliphatic heterocycles. The molecule has 0 atom stereocenters. The van der Waals surface area contributed by atoms with Crippen LogP contribution in [0.25, 0.3) is 0 Å². The minimum absolute atomic E-state index is 0. The molecular formula is Cl8HfZr2. The summed E-state index contributed by atoms with van der Waals surface area (Å²) in [5.74, 6) is 0. The van der Waals surface area contributed by atoms with E-state index in [2.05, 4.69) is 0 Å². The Kier molecular flexibility index (Phi) is 1570. The third-order valence-electron chi connectivity index (χ3n) is 0. The van der Waals surface area contributed by atoms with Gasteiger partial charge in [-0.25, -0.2) is 0 Å². The predicted molar refractivity (Wildman–Crippen MR) is 0 cm³/mol. The Bertz CT molecular complexity index is 12.1. The van der Waals surface area contributed by atoms with Crippen LogP contribution < -0.4 is 99.3 Å². The second-order valence-electron chi connectivity index (χ2n) is 0. The second-order valence-corrected chi connectivity index (χ2v) is 0. The summed E-state index contributed by atoms with van der Waals surface area (Å²) < 4.78 is 0. The smallest absolute Gasteiger partial charge is 1.00 e. The fourth-order valence-electron chi connectivity index (χ4n) is 0. The first kappa shape index (κ1) is 145. The van der Waals surface area contributed by atoms with Crippen molar-refractivity contribution in [3.05, 3.63) is 0 Å². The van der Waals surface area contributed by atoms with E-state index in [1.807, 2.05) is 0 Å². The number of halogens is 8. The van der Waals surface area contributed by atoms with Crippen LogP contribution in [0.1, 0.15) is 0 Å². The summed E-state index contributed by atoms with van der Waals surface area (Å²) in [6, 6.07) is 0. The van der Waals surface area contributed by atoms with E-state index < -0.39 is 0 Å². The van der Waals surface area contributed by atoms with Crippen LogP contribution in [-0.2, 0) is 78.3 Å². The molecule has 0 nitrogen and oxygen atoms in total. The van der Waals surface area contributed by atoms with Crippen LogP contribution in [0.3, 0.4) is 0 Å². The molecule has 0 fully saturated rings. The van der Waals surface area contributed by atoms with Crippen molar-refractivity contribution in [2.45, 2.75) is 0 Å². The van der Waals surface area contributed by atoms with E-state index in [0.717, 1.165) is 0 Å². The average molecular weight is 645 g/mol. The minimum Gasteiger partial charge on any atom is -1.00 e. The quantitative estimate of drug-likeness (QED) is 0.230. The van der Waals surface area contributed by atoms with Gasteiger partial charge in [-0.3, -0.25) is 0 Å². The summed E-state index contributed by atoms with van der Waals surface area (Å²) >= 11 is 0. The molecule has 0 aliphatic rings. The standard InChI is InChI=1S/8ClH.Hf.2Zr/h8*1H;;;/q;;;;;;;;+4;2*+2/p-8. The Morgan fingerprint density at radius 3 is 0.273 bits per heavy atom. The van der Waals surface area contributed by atoms with Crippen molar-refractivity contribution in [3.8, 4) is 0 Å². The zero-order valence-corrected chi connectivity index (χ0v) is 19.1. The fourth-order valence-corrected chi connectivity index (χ4v) is 0. The van der Waals surface area contributed by atoms with E-state index in [-0.39, 0.29) is 178 Å². The molecule has 0 heterocycles. The Morgan fingerprint density at radius 2 is 0.273 bits per heavy atom. The molecule has 68 valence electrons. The molecule has 0 saturated carbocycles. The van der Waals surface area contributed by atoms with Gasteiger partial charge in [0, 0.05) is 0 Å². The molecule has 0 aromatic rings. The van der Waals surface area contributed by atoms with E-state index in [9.17, 15) is 0 Å². The second kappa shape index (κ2) is 119. The van der Waals surface area contributed by atoms with Gasteiger partial charge in [0.05, 0.1) is 0 Å². The predicted octanol–water partition coefficient (Wildman–Crippen LogP) is -24.0. The van der Waals surface area contributed by atoms with E-state index in [4.69, 9.17) is 0 Å². The SMILES string of the molecule is [Cl-].[Cl-].[Cl-].[Cl-].[Cl-].[Cl-].[Cl-].[Cl-].[Hf+4].[Zr+2].[Zr+2]. The maximum Gasteiger partial charge on any atom is 4.00 e. The van der Waals surface area contributed by atoms with E-state index in [1.165, 1.54) is 0 Å². The summed E-state index contributed by atoms with van der Waals surface area (Å²) in [5.41, 5.74) is 0. The summed E-state index contributed by atoms with van der Waals surface area (Å²) in [6.45, 7) is 0. The Labute approximate surface area is 174 Å². The van der Waals surface area contributed by atoms with Crippen LogP contribution in [0.4, 0.5) is 0 Å². The maximum absolute atomic E-state index is 0. The first-order valence-electron chi connectivity index (χ1n) is 0. The number of rotatable bonds is 0. The molecule has 0 aromatic heterocycles. The fraction of sp³-hybridized carbons (Fsp3) is 0. The molecule has 0 amide bonds. The molecule has 11 heteroatoms. The molecule has 11 heavy (non-hydrogen) atoms. The van der Waals surface area contributed by atoms with Crippen LogP contribution in [0.15, 0.2) is 0 Å². The zero-order chi connectivity index (χ0) is 0. The molecule has 0 unspecified atom stereocenters. The summed E-state index contributed by atoms with van der Waals surface area (Å²) in [6.07, 6.45) is 0. The van der Waals surface area contributed by atoms with Crippen molar-refractivity contribution in [1.82, 2.24) is 0 Å². The van der Waals surface area contributed by atoms with Gasteiger partial charge in [-0.15, -0.1) is 0 Å². The van der Waals surface area contributed by atoms with Crippen LogP contribution in [-0.4, -0.2) is 0 Å². The number of hydrogen-bond acceptors (Lipinski definition) is 0. The molecule has 0 radical (unpaired) electrons. The molecule has 0 rings (SSSR count). The van der Waals surface area contributed by atoms with Gasteiger partial charge in [0.15, 0.2) is 0 Å². The van der Waals surface area contributed by atoms with Gasteiger partial charge >= 0.3 is 78.3 Å². The van der Waals surface area contributed by atoms with Crippen LogP contribution in [0.5, 0.6) is 0 Å². The monoisotopic (exact) mass is 640 g/mol.